The van der Waals surface area contributed by atoms with Crippen LogP contribution in [0, 0.1) is 0 Å². The van der Waals surface area contributed by atoms with Gasteiger partial charge in [0.1, 0.15) is 5.75 Å². The second kappa shape index (κ2) is 10.2. The second-order valence-electron chi connectivity index (χ2n) is 6.65. The van der Waals surface area contributed by atoms with Crippen LogP contribution in [0.15, 0.2) is 48.5 Å². The van der Waals surface area contributed by atoms with E-state index in [9.17, 15) is 18.3 Å². The van der Waals surface area contributed by atoms with Crippen molar-refractivity contribution in [1.29, 1.82) is 0 Å². The number of aliphatic hydroxyl groups is 1. The van der Waals surface area contributed by atoms with Gasteiger partial charge in [0.05, 0.1) is 12.4 Å². The number of nitrogens with one attached hydrogen (secondary N) is 1. The first-order valence-corrected chi connectivity index (χ1v) is 10.8. The highest BCUT2D eigenvalue weighted by Gasteiger charge is 2.18. The lowest BCUT2D eigenvalue weighted by Gasteiger charge is -2.17. The zero-order chi connectivity index (χ0) is 21.4. The number of rotatable bonds is 10. The first-order chi connectivity index (χ1) is 13.6. The normalized spacial score (nSPS) is 12.4. The number of hydrogen-bond donors (Lipinski definition) is 2. The second-order valence-corrected chi connectivity index (χ2v) is 8.22. The topological polar surface area (TPSA) is 111 Å². The van der Waals surface area contributed by atoms with Gasteiger partial charge >= 0.3 is 16.1 Å². The summed E-state index contributed by atoms with van der Waals surface area (Å²) in [4.78, 5) is 12.1. The fourth-order valence-electron chi connectivity index (χ4n) is 2.32. The van der Waals surface area contributed by atoms with Crippen molar-refractivity contribution in [3.8, 4) is 17.2 Å². The number of carbonyl (C=O) groups is 1. The van der Waals surface area contributed by atoms with Crippen LogP contribution in [-0.4, -0.2) is 44.9 Å². The highest BCUT2D eigenvalue weighted by Crippen LogP contribution is 2.32. The Bertz CT molecular complexity index is 914. The van der Waals surface area contributed by atoms with Gasteiger partial charge in [0.25, 0.3) is 0 Å². The molecule has 1 unspecified atom stereocenters. The molecule has 1 atom stereocenters. The zero-order valence-corrected chi connectivity index (χ0v) is 17.3. The average Bonchev–Trinajstić information content (AvgIpc) is 2.65. The predicted octanol–water partition coefficient (Wildman–Crippen LogP) is 2.04. The summed E-state index contributed by atoms with van der Waals surface area (Å²) in [6.07, 6.45) is -0.0222. The summed E-state index contributed by atoms with van der Waals surface area (Å²) in [5.41, 5.74) is 0.414. The third kappa shape index (κ3) is 8.10. The van der Waals surface area contributed by atoms with Crippen LogP contribution >= 0.6 is 0 Å². The molecule has 29 heavy (non-hydrogen) atoms. The maximum absolute atomic E-state index is 12.1. The van der Waals surface area contributed by atoms with Gasteiger partial charge in [-0.1, -0.05) is 38.1 Å². The van der Waals surface area contributed by atoms with Crippen molar-refractivity contribution in [2.45, 2.75) is 26.0 Å². The van der Waals surface area contributed by atoms with Gasteiger partial charge in [-0.25, -0.2) is 4.79 Å². The average molecular weight is 423 g/mol. The summed E-state index contributed by atoms with van der Waals surface area (Å²) in [7, 11) is -3.88. The van der Waals surface area contributed by atoms with E-state index in [0.717, 1.165) is 6.26 Å². The Morgan fingerprint density at radius 2 is 1.79 bits per heavy atom. The minimum absolute atomic E-state index is 0.0927. The fourth-order valence-corrected chi connectivity index (χ4v) is 2.78. The predicted molar refractivity (Wildman–Crippen MR) is 108 cm³/mol. The van der Waals surface area contributed by atoms with Gasteiger partial charge in [0.15, 0.2) is 18.1 Å². The molecule has 0 aromatic heterocycles. The van der Waals surface area contributed by atoms with Gasteiger partial charge in [-0.15, -0.1) is 0 Å². The standard InChI is InChI=1S/C20H25NO7S/c1-14(2)21-12-17(22)15-9-10-18(19(11-15)28-29(3,24)25)27-20(23)13-26-16-7-5-4-6-8-16/h4-11,14,17,21-22H,12-13H2,1-3H3. The van der Waals surface area contributed by atoms with E-state index < -0.39 is 22.2 Å². The summed E-state index contributed by atoms with van der Waals surface area (Å²) in [6, 6.07) is 13.1. The Kier molecular flexibility index (Phi) is 8.00. The molecule has 158 valence electrons. The van der Waals surface area contributed by atoms with Crippen molar-refractivity contribution in [2.75, 3.05) is 19.4 Å². The molecule has 0 aliphatic carbocycles. The first-order valence-electron chi connectivity index (χ1n) is 8.97. The summed E-state index contributed by atoms with van der Waals surface area (Å²) < 4.78 is 38.6. The number of hydrogen-bond acceptors (Lipinski definition) is 8. The molecule has 0 amide bonds. The van der Waals surface area contributed by atoms with Crippen molar-refractivity contribution in [3.05, 3.63) is 54.1 Å². The molecule has 0 radical (unpaired) electrons. The molecule has 0 bridgehead atoms. The van der Waals surface area contributed by atoms with E-state index in [2.05, 4.69) is 5.32 Å². The molecule has 2 aromatic rings. The Hall–Kier alpha value is -2.62. The largest absolute Gasteiger partial charge is 0.482 e. The summed E-state index contributed by atoms with van der Waals surface area (Å²) in [5, 5.41) is 13.4. The minimum atomic E-state index is -3.88. The van der Waals surface area contributed by atoms with E-state index >= 15 is 0 Å². The van der Waals surface area contributed by atoms with E-state index in [1.807, 2.05) is 19.9 Å². The number of benzene rings is 2. The maximum Gasteiger partial charge on any atom is 0.349 e. The van der Waals surface area contributed by atoms with Crippen molar-refractivity contribution >= 4 is 16.1 Å². The smallest absolute Gasteiger partial charge is 0.349 e. The molecule has 0 saturated heterocycles. The number of esters is 1. The third-order valence-electron chi connectivity index (χ3n) is 3.64. The quantitative estimate of drug-likeness (QED) is 0.339. The van der Waals surface area contributed by atoms with E-state index in [4.69, 9.17) is 13.7 Å². The minimum Gasteiger partial charge on any atom is -0.482 e. The third-order valence-corrected chi connectivity index (χ3v) is 4.12. The lowest BCUT2D eigenvalue weighted by Crippen LogP contribution is -2.28. The molecule has 2 N–H and O–H groups in total. The van der Waals surface area contributed by atoms with Crippen molar-refractivity contribution < 1.29 is 32.0 Å². The molecule has 9 heteroatoms. The first kappa shape index (κ1) is 22.7. The van der Waals surface area contributed by atoms with Gasteiger partial charge in [0.2, 0.25) is 0 Å². The van der Waals surface area contributed by atoms with Gasteiger partial charge in [-0.3, -0.25) is 0 Å². The lowest BCUT2D eigenvalue weighted by molar-refractivity contribution is -0.136. The van der Waals surface area contributed by atoms with Crippen LogP contribution in [0.2, 0.25) is 0 Å². The van der Waals surface area contributed by atoms with E-state index in [0.29, 0.717) is 11.3 Å². The van der Waals surface area contributed by atoms with Crippen LogP contribution in [-0.2, 0) is 14.9 Å². The molecular weight excluding hydrogens is 398 g/mol. The Labute approximate surface area is 170 Å². The molecule has 2 rings (SSSR count). The van der Waals surface area contributed by atoms with Crippen LogP contribution in [0.25, 0.3) is 0 Å². The van der Waals surface area contributed by atoms with Crippen molar-refractivity contribution in [2.24, 2.45) is 0 Å². The number of aliphatic hydroxyl groups excluding tert-OH is 1. The Morgan fingerprint density at radius 3 is 2.41 bits per heavy atom. The molecule has 0 fully saturated rings. The Morgan fingerprint density at radius 1 is 1.10 bits per heavy atom. The number of carbonyl (C=O) groups excluding carboxylic acids is 1. The van der Waals surface area contributed by atoms with Crippen molar-refractivity contribution in [3.63, 3.8) is 0 Å². The summed E-state index contributed by atoms with van der Waals surface area (Å²) >= 11 is 0. The molecule has 2 aromatic carbocycles. The molecular formula is C20H25NO7S. The van der Waals surface area contributed by atoms with Crippen LogP contribution in [0.5, 0.6) is 17.2 Å². The molecule has 8 nitrogen and oxygen atoms in total. The van der Waals surface area contributed by atoms with E-state index in [1.165, 1.54) is 18.2 Å². The van der Waals surface area contributed by atoms with E-state index in [-0.39, 0.29) is 30.7 Å². The fraction of sp³-hybridized carbons (Fsp3) is 0.350. The van der Waals surface area contributed by atoms with Gasteiger partial charge in [-0.2, -0.15) is 8.42 Å². The van der Waals surface area contributed by atoms with Gasteiger partial charge < -0.3 is 24.1 Å². The van der Waals surface area contributed by atoms with Crippen LogP contribution in [0.4, 0.5) is 0 Å². The summed E-state index contributed by atoms with van der Waals surface area (Å²) in [5.74, 6) is -0.526. The highest BCUT2D eigenvalue weighted by molar-refractivity contribution is 7.86. The van der Waals surface area contributed by atoms with Crippen LogP contribution in [0.1, 0.15) is 25.5 Å². The van der Waals surface area contributed by atoms with Crippen LogP contribution in [0.3, 0.4) is 0 Å². The van der Waals surface area contributed by atoms with Crippen LogP contribution < -0.4 is 19.0 Å². The highest BCUT2D eigenvalue weighted by atomic mass is 32.2. The summed E-state index contributed by atoms with van der Waals surface area (Å²) in [6.45, 7) is 3.76. The monoisotopic (exact) mass is 423 g/mol. The van der Waals surface area contributed by atoms with Crippen molar-refractivity contribution in [1.82, 2.24) is 5.32 Å². The SMILES string of the molecule is CC(C)NCC(O)c1ccc(OC(=O)COc2ccccc2)c(OS(C)(=O)=O)c1. The zero-order valence-electron chi connectivity index (χ0n) is 16.5. The van der Waals surface area contributed by atoms with E-state index in [1.54, 1.807) is 24.3 Å². The number of para-hydroxylation sites is 1. The van der Waals surface area contributed by atoms with Gasteiger partial charge in [0, 0.05) is 12.6 Å². The number of ether oxygens (including phenoxy) is 2. The lowest BCUT2D eigenvalue weighted by atomic mass is 10.1. The maximum atomic E-state index is 12.1. The molecule has 0 aliphatic rings. The molecule has 0 aliphatic heterocycles. The molecule has 0 saturated carbocycles. The molecule has 0 heterocycles. The Balaban J connectivity index is 2.13. The molecule has 0 spiro atoms. The van der Waals surface area contributed by atoms with Gasteiger partial charge in [-0.05, 0) is 29.8 Å².